The molecule has 0 aliphatic rings. The zero-order valence-corrected chi connectivity index (χ0v) is 10.7. The van der Waals surface area contributed by atoms with Crippen LogP contribution < -0.4 is 0 Å². The molecule has 17 heavy (non-hydrogen) atoms. The maximum absolute atomic E-state index is 11.7. The van der Waals surface area contributed by atoms with Crippen molar-refractivity contribution in [2.45, 2.75) is 75.2 Å². The van der Waals surface area contributed by atoms with Gasteiger partial charge in [-0.1, -0.05) is 49.5 Å². The summed E-state index contributed by atoms with van der Waals surface area (Å²) in [7, 11) is 0. The Morgan fingerprint density at radius 1 is 0.941 bits per heavy atom. The fourth-order valence-corrected chi connectivity index (χ4v) is 1.56. The van der Waals surface area contributed by atoms with Crippen molar-refractivity contribution in [3.05, 3.63) is 0 Å². The molecule has 0 aliphatic heterocycles. The first-order valence-corrected chi connectivity index (χ1v) is 5.88. The largest absolute Gasteiger partial charge is 0.299 e. The molecule has 0 atom stereocenters. The van der Waals surface area contributed by atoms with Crippen LogP contribution in [0.2, 0.25) is 0 Å². The maximum Gasteiger partial charge on any atom is 0.138 e. The Hall–Kier alpha value is -0.660. The van der Waals surface area contributed by atoms with Gasteiger partial charge in [-0.25, -0.2) is 0 Å². The van der Waals surface area contributed by atoms with Gasteiger partial charge in [-0.3, -0.25) is 9.59 Å². The van der Waals surface area contributed by atoms with Crippen LogP contribution in [-0.2, 0) is 9.59 Å². The summed E-state index contributed by atoms with van der Waals surface area (Å²) in [4.78, 5) is 23.3. The van der Waals surface area contributed by atoms with Crippen LogP contribution >= 0.6 is 0 Å². The standard InChI is InChI=1S/C13H24O2.2CH4/c1-6-10(7-2)11(14)8-9-12(15)13(3,4)5;;/h10H,6-9H2,1-5H3;2*1H4. The lowest BCUT2D eigenvalue weighted by atomic mass is 9.86. The highest BCUT2D eigenvalue weighted by atomic mass is 16.1. The average Bonchev–Trinajstić information content (AvgIpc) is 2.14. The van der Waals surface area contributed by atoms with Gasteiger partial charge >= 0.3 is 0 Å². The summed E-state index contributed by atoms with van der Waals surface area (Å²) < 4.78 is 0. The Morgan fingerprint density at radius 3 is 1.65 bits per heavy atom. The van der Waals surface area contributed by atoms with Crippen LogP contribution in [0.15, 0.2) is 0 Å². The van der Waals surface area contributed by atoms with E-state index in [1.54, 1.807) is 0 Å². The molecule has 104 valence electrons. The molecule has 0 amide bonds. The quantitative estimate of drug-likeness (QED) is 0.681. The third-order valence-electron chi connectivity index (χ3n) is 2.88. The van der Waals surface area contributed by atoms with E-state index in [1.807, 2.05) is 34.6 Å². The third kappa shape index (κ3) is 8.12. The number of hydrogen-bond donors (Lipinski definition) is 0. The molecular formula is C15H32O2. The Bertz CT molecular complexity index is 220. The van der Waals surface area contributed by atoms with Crippen molar-refractivity contribution in [2.75, 3.05) is 0 Å². The molecule has 0 heterocycles. The molecule has 0 saturated heterocycles. The highest BCUT2D eigenvalue weighted by molar-refractivity contribution is 5.89. The summed E-state index contributed by atoms with van der Waals surface area (Å²) >= 11 is 0. The third-order valence-corrected chi connectivity index (χ3v) is 2.88. The molecule has 0 bridgehead atoms. The lowest BCUT2D eigenvalue weighted by Crippen LogP contribution is -2.22. The van der Waals surface area contributed by atoms with Gasteiger partial charge in [0.1, 0.15) is 11.6 Å². The predicted molar refractivity (Wildman–Crippen MR) is 76.2 cm³/mol. The van der Waals surface area contributed by atoms with E-state index in [0.717, 1.165) is 12.8 Å². The smallest absolute Gasteiger partial charge is 0.138 e. The first-order chi connectivity index (χ1) is 6.82. The minimum Gasteiger partial charge on any atom is -0.299 e. The topological polar surface area (TPSA) is 34.1 Å². The highest BCUT2D eigenvalue weighted by Gasteiger charge is 2.23. The average molecular weight is 244 g/mol. The number of hydrogen-bond acceptors (Lipinski definition) is 2. The van der Waals surface area contributed by atoms with Gasteiger partial charge in [0.15, 0.2) is 0 Å². The second-order valence-corrected chi connectivity index (χ2v) is 5.15. The molecule has 0 rings (SSSR count). The SMILES string of the molecule is C.C.CCC(CC)C(=O)CCC(=O)C(C)(C)C. The van der Waals surface area contributed by atoms with Gasteiger partial charge in [0, 0.05) is 24.2 Å². The van der Waals surface area contributed by atoms with E-state index in [-0.39, 0.29) is 37.8 Å². The molecular weight excluding hydrogens is 212 g/mol. The summed E-state index contributed by atoms with van der Waals surface area (Å²) in [5.41, 5.74) is -0.311. The zero-order valence-electron chi connectivity index (χ0n) is 10.7. The van der Waals surface area contributed by atoms with Crippen molar-refractivity contribution in [3.63, 3.8) is 0 Å². The van der Waals surface area contributed by atoms with E-state index >= 15 is 0 Å². The number of ketones is 2. The van der Waals surface area contributed by atoms with Crippen LogP contribution in [0.3, 0.4) is 0 Å². The van der Waals surface area contributed by atoms with Crippen molar-refractivity contribution < 1.29 is 9.59 Å². The zero-order chi connectivity index (χ0) is 12.1. The van der Waals surface area contributed by atoms with E-state index in [1.165, 1.54) is 0 Å². The van der Waals surface area contributed by atoms with Crippen molar-refractivity contribution in [3.8, 4) is 0 Å². The molecule has 0 fully saturated rings. The lowest BCUT2D eigenvalue weighted by molar-refractivity contribution is -0.130. The van der Waals surface area contributed by atoms with Gasteiger partial charge < -0.3 is 0 Å². The molecule has 0 aromatic carbocycles. The van der Waals surface area contributed by atoms with Gasteiger partial charge in [0.25, 0.3) is 0 Å². The highest BCUT2D eigenvalue weighted by Crippen LogP contribution is 2.19. The van der Waals surface area contributed by atoms with E-state index in [4.69, 9.17) is 0 Å². The molecule has 0 radical (unpaired) electrons. The Balaban J connectivity index is -0.000000980. The Kier molecular flexibility index (Phi) is 11.9. The number of carbonyl (C=O) groups is 2. The molecule has 0 N–H and O–H groups in total. The molecule has 0 spiro atoms. The summed E-state index contributed by atoms with van der Waals surface area (Å²) in [5, 5.41) is 0. The van der Waals surface area contributed by atoms with Crippen LogP contribution in [0, 0.1) is 11.3 Å². The Morgan fingerprint density at radius 2 is 1.35 bits per heavy atom. The molecule has 0 aromatic rings. The number of rotatable bonds is 6. The monoisotopic (exact) mass is 244 g/mol. The molecule has 0 saturated carbocycles. The van der Waals surface area contributed by atoms with Gasteiger partial charge in [-0.2, -0.15) is 0 Å². The van der Waals surface area contributed by atoms with Gasteiger partial charge in [0.05, 0.1) is 0 Å². The van der Waals surface area contributed by atoms with Gasteiger partial charge in [-0.05, 0) is 12.8 Å². The molecule has 2 nitrogen and oxygen atoms in total. The van der Waals surface area contributed by atoms with E-state index in [0.29, 0.717) is 12.8 Å². The van der Waals surface area contributed by atoms with Crippen molar-refractivity contribution in [1.29, 1.82) is 0 Å². The van der Waals surface area contributed by atoms with Crippen LogP contribution in [0.25, 0.3) is 0 Å². The maximum atomic E-state index is 11.7. The normalized spacial score (nSPS) is 10.5. The van der Waals surface area contributed by atoms with E-state index < -0.39 is 0 Å². The summed E-state index contributed by atoms with van der Waals surface area (Å²) in [5.74, 6) is 0.581. The van der Waals surface area contributed by atoms with E-state index in [2.05, 4.69) is 0 Å². The fourth-order valence-electron chi connectivity index (χ4n) is 1.56. The minimum atomic E-state index is -0.311. The number of Topliss-reactive ketones (excluding diaryl/α,β-unsaturated/α-hetero) is 2. The first kappa shape index (κ1) is 21.6. The lowest BCUT2D eigenvalue weighted by Gasteiger charge is -2.17. The van der Waals surface area contributed by atoms with Crippen LogP contribution in [0.4, 0.5) is 0 Å². The van der Waals surface area contributed by atoms with Crippen LogP contribution in [-0.4, -0.2) is 11.6 Å². The fraction of sp³-hybridized carbons (Fsp3) is 0.867. The summed E-state index contributed by atoms with van der Waals surface area (Å²) in [6, 6.07) is 0. The van der Waals surface area contributed by atoms with Crippen molar-refractivity contribution in [2.24, 2.45) is 11.3 Å². The first-order valence-electron chi connectivity index (χ1n) is 5.88. The predicted octanol–water partition coefficient (Wildman–Crippen LogP) is 4.66. The number of carbonyl (C=O) groups excluding carboxylic acids is 2. The second kappa shape index (κ2) is 9.38. The molecule has 0 aromatic heterocycles. The Labute approximate surface area is 108 Å². The molecule has 0 unspecified atom stereocenters. The molecule has 0 aliphatic carbocycles. The summed E-state index contributed by atoms with van der Waals surface area (Å²) in [6.45, 7) is 9.75. The summed E-state index contributed by atoms with van der Waals surface area (Å²) in [6.07, 6.45) is 2.60. The van der Waals surface area contributed by atoms with Crippen molar-refractivity contribution in [1.82, 2.24) is 0 Å². The van der Waals surface area contributed by atoms with E-state index in [9.17, 15) is 9.59 Å². The van der Waals surface area contributed by atoms with Crippen LogP contribution in [0.1, 0.15) is 75.2 Å². The minimum absolute atomic E-state index is 0. The van der Waals surface area contributed by atoms with Crippen molar-refractivity contribution >= 4 is 11.6 Å². The van der Waals surface area contributed by atoms with Gasteiger partial charge in [-0.15, -0.1) is 0 Å². The molecule has 2 heteroatoms. The van der Waals surface area contributed by atoms with Gasteiger partial charge in [0.2, 0.25) is 0 Å². The second-order valence-electron chi connectivity index (χ2n) is 5.15. The van der Waals surface area contributed by atoms with Crippen LogP contribution in [0.5, 0.6) is 0 Å².